The van der Waals surface area contributed by atoms with Crippen molar-refractivity contribution < 1.29 is 4.79 Å². The fraction of sp³-hybridized carbons (Fsp3) is 0.941. The minimum atomic E-state index is -0.0792. The van der Waals surface area contributed by atoms with Crippen LogP contribution in [-0.2, 0) is 4.79 Å². The van der Waals surface area contributed by atoms with Gasteiger partial charge < -0.3 is 5.32 Å². The lowest BCUT2D eigenvalue weighted by Crippen LogP contribution is -2.47. The van der Waals surface area contributed by atoms with Crippen molar-refractivity contribution in [1.82, 2.24) is 5.32 Å². The van der Waals surface area contributed by atoms with Crippen molar-refractivity contribution in [3.05, 3.63) is 0 Å². The maximum Gasteiger partial charge on any atom is 0.226 e. The molecular weight excluding hydrogens is 234 g/mol. The summed E-state index contributed by atoms with van der Waals surface area (Å²) in [7, 11) is 0. The van der Waals surface area contributed by atoms with Crippen LogP contribution in [0.5, 0.6) is 0 Å². The summed E-state index contributed by atoms with van der Waals surface area (Å²) in [6.45, 7) is 4.42. The van der Waals surface area contributed by atoms with Crippen molar-refractivity contribution >= 4 is 5.91 Å². The Hall–Kier alpha value is -0.530. The third-order valence-electron chi connectivity index (χ3n) is 6.30. The van der Waals surface area contributed by atoms with E-state index in [-0.39, 0.29) is 5.41 Å². The lowest BCUT2D eigenvalue weighted by Gasteiger charge is -2.35. The zero-order valence-electron chi connectivity index (χ0n) is 12.6. The number of hydrogen-bond acceptors (Lipinski definition) is 1. The quantitative estimate of drug-likeness (QED) is 0.822. The van der Waals surface area contributed by atoms with Gasteiger partial charge >= 0.3 is 0 Å². The Balaban J connectivity index is 1.57. The topological polar surface area (TPSA) is 29.1 Å². The Morgan fingerprint density at radius 3 is 2.47 bits per heavy atom. The third kappa shape index (κ3) is 2.55. The molecule has 108 valence electrons. The van der Waals surface area contributed by atoms with Gasteiger partial charge in [-0.2, -0.15) is 0 Å². The molecule has 0 aliphatic heterocycles. The van der Waals surface area contributed by atoms with E-state index in [1.54, 1.807) is 0 Å². The van der Waals surface area contributed by atoms with Gasteiger partial charge in [0.1, 0.15) is 0 Å². The van der Waals surface area contributed by atoms with E-state index >= 15 is 0 Å². The van der Waals surface area contributed by atoms with Crippen LogP contribution in [0.4, 0.5) is 0 Å². The van der Waals surface area contributed by atoms with Gasteiger partial charge in [0.15, 0.2) is 0 Å². The highest BCUT2D eigenvalue weighted by molar-refractivity contribution is 5.82. The molecule has 3 rings (SSSR count). The molecule has 0 radical (unpaired) electrons. The average Bonchev–Trinajstić information content (AvgIpc) is 3.01. The summed E-state index contributed by atoms with van der Waals surface area (Å²) in [6, 6.07) is 0.390. The molecule has 3 saturated carbocycles. The fourth-order valence-corrected chi connectivity index (χ4v) is 4.95. The van der Waals surface area contributed by atoms with Crippen LogP contribution in [0.1, 0.15) is 71.6 Å². The highest BCUT2D eigenvalue weighted by Gasteiger charge is 2.43. The van der Waals surface area contributed by atoms with E-state index in [2.05, 4.69) is 19.2 Å². The normalized spacial score (nSPS) is 38.1. The molecule has 0 aromatic heterocycles. The van der Waals surface area contributed by atoms with Crippen molar-refractivity contribution in [3.8, 4) is 0 Å². The summed E-state index contributed by atoms with van der Waals surface area (Å²) in [5.41, 5.74) is -0.0792. The Morgan fingerprint density at radius 1 is 1.16 bits per heavy atom. The van der Waals surface area contributed by atoms with Crippen LogP contribution in [0.15, 0.2) is 0 Å². The minimum Gasteiger partial charge on any atom is -0.353 e. The Labute approximate surface area is 117 Å². The van der Waals surface area contributed by atoms with Gasteiger partial charge in [0, 0.05) is 11.5 Å². The van der Waals surface area contributed by atoms with Crippen molar-refractivity contribution in [2.45, 2.75) is 77.7 Å². The van der Waals surface area contributed by atoms with Gasteiger partial charge in [0.05, 0.1) is 0 Å². The smallest absolute Gasteiger partial charge is 0.226 e. The first-order valence-electron chi connectivity index (χ1n) is 8.39. The number of amides is 1. The van der Waals surface area contributed by atoms with Crippen LogP contribution in [0.2, 0.25) is 0 Å². The van der Waals surface area contributed by atoms with Crippen LogP contribution in [-0.4, -0.2) is 11.9 Å². The molecule has 0 unspecified atom stereocenters. The second kappa shape index (κ2) is 5.10. The van der Waals surface area contributed by atoms with E-state index in [9.17, 15) is 4.79 Å². The first-order chi connectivity index (χ1) is 9.08. The number of rotatable bonds is 3. The largest absolute Gasteiger partial charge is 0.353 e. The summed E-state index contributed by atoms with van der Waals surface area (Å²) in [5.74, 6) is 2.97. The van der Waals surface area contributed by atoms with Crippen molar-refractivity contribution in [3.63, 3.8) is 0 Å². The molecule has 0 aromatic carbocycles. The molecule has 4 atom stereocenters. The summed E-state index contributed by atoms with van der Waals surface area (Å²) < 4.78 is 0. The van der Waals surface area contributed by atoms with Crippen LogP contribution < -0.4 is 5.32 Å². The Morgan fingerprint density at radius 2 is 1.89 bits per heavy atom. The molecule has 0 saturated heterocycles. The van der Waals surface area contributed by atoms with Gasteiger partial charge in [-0.25, -0.2) is 0 Å². The number of nitrogens with one attached hydrogen (secondary N) is 1. The molecule has 19 heavy (non-hydrogen) atoms. The van der Waals surface area contributed by atoms with Gasteiger partial charge in [0.2, 0.25) is 5.91 Å². The van der Waals surface area contributed by atoms with E-state index in [0.717, 1.165) is 30.6 Å². The standard InChI is InChI=1S/C17H29NO/c1-12(15-11-13-6-7-14(15)10-13)18-16(19)17(2)8-4-3-5-9-17/h12-15H,3-11H2,1-2H3,(H,18,19)/t12-,13+,14+,15-/m0/s1. The maximum atomic E-state index is 12.6. The molecule has 0 spiro atoms. The number of carbonyl (C=O) groups is 1. The number of hydrogen-bond donors (Lipinski definition) is 1. The Kier molecular flexibility index (Phi) is 3.61. The molecule has 0 heterocycles. The van der Waals surface area contributed by atoms with Gasteiger partial charge in [0.25, 0.3) is 0 Å². The molecule has 2 heteroatoms. The van der Waals surface area contributed by atoms with E-state index in [1.807, 2.05) is 0 Å². The van der Waals surface area contributed by atoms with Crippen LogP contribution in [0.25, 0.3) is 0 Å². The fourth-order valence-electron chi connectivity index (χ4n) is 4.95. The molecular formula is C17H29NO. The van der Waals surface area contributed by atoms with Crippen molar-refractivity contribution in [2.75, 3.05) is 0 Å². The summed E-state index contributed by atoms with van der Waals surface area (Å²) in [4.78, 5) is 12.6. The predicted molar refractivity (Wildman–Crippen MR) is 77.7 cm³/mol. The molecule has 3 fully saturated rings. The second-order valence-corrected chi connectivity index (χ2v) is 7.72. The maximum absolute atomic E-state index is 12.6. The van der Waals surface area contributed by atoms with E-state index in [1.165, 1.54) is 44.9 Å². The lowest BCUT2D eigenvalue weighted by atomic mass is 9.74. The molecule has 1 N–H and O–H groups in total. The van der Waals surface area contributed by atoms with E-state index in [4.69, 9.17) is 0 Å². The van der Waals surface area contributed by atoms with Crippen molar-refractivity contribution in [2.24, 2.45) is 23.2 Å². The monoisotopic (exact) mass is 263 g/mol. The highest BCUT2D eigenvalue weighted by atomic mass is 16.2. The second-order valence-electron chi connectivity index (χ2n) is 7.72. The van der Waals surface area contributed by atoms with Gasteiger partial charge in [-0.15, -0.1) is 0 Å². The summed E-state index contributed by atoms with van der Waals surface area (Å²) in [5, 5.41) is 3.38. The average molecular weight is 263 g/mol. The van der Waals surface area contributed by atoms with Crippen LogP contribution >= 0.6 is 0 Å². The summed E-state index contributed by atoms with van der Waals surface area (Å²) in [6.07, 6.45) is 11.6. The number of carbonyl (C=O) groups excluding carboxylic acids is 1. The molecule has 0 aromatic rings. The van der Waals surface area contributed by atoms with Gasteiger partial charge in [-0.1, -0.05) is 32.6 Å². The first kappa shape index (κ1) is 13.5. The molecule has 3 aliphatic rings. The van der Waals surface area contributed by atoms with E-state index in [0.29, 0.717) is 11.9 Å². The van der Waals surface area contributed by atoms with Gasteiger partial charge in [-0.3, -0.25) is 4.79 Å². The molecule has 3 aliphatic carbocycles. The Bertz CT molecular complexity index is 345. The SMILES string of the molecule is C[C@H](NC(=O)C1(C)CCCCC1)[C@@H]1C[C@@H]2CC[C@@H]1C2. The first-order valence-corrected chi connectivity index (χ1v) is 8.39. The lowest BCUT2D eigenvalue weighted by molar-refractivity contribution is -0.133. The van der Waals surface area contributed by atoms with Gasteiger partial charge in [-0.05, 0) is 56.8 Å². The molecule has 1 amide bonds. The predicted octanol–water partition coefficient (Wildman–Crippen LogP) is 3.90. The minimum absolute atomic E-state index is 0.0792. The molecule has 2 nitrogen and oxygen atoms in total. The zero-order valence-corrected chi connectivity index (χ0v) is 12.6. The highest BCUT2D eigenvalue weighted by Crippen LogP contribution is 2.49. The molecule has 2 bridgehead atoms. The third-order valence-corrected chi connectivity index (χ3v) is 6.30. The van der Waals surface area contributed by atoms with Crippen LogP contribution in [0, 0.1) is 23.2 Å². The van der Waals surface area contributed by atoms with Crippen LogP contribution in [0.3, 0.4) is 0 Å². The number of fused-ring (bicyclic) bond motifs is 2. The van der Waals surface area contributed by atoms with E-state index < -0.39 is 0 Å². The van der Waals surface area contributed by atoms with Crippen molar-refractivity contribution in [1.29, 1.82) is 0 Å². The zero-order chi connectivity index (χ0) is 13.5. The summed E-state index contributed by atoms with van der Waals surface area (Å²) >= 11 is 0.